The van der Waals surface area contributed by atoms with Crippen molar-refractivity contribution in [1.29, 1.82) is 0 Å². The second kappa shape index (κ2) is 6.37. The summed E-state index contributed by atoms with van der Waals surface area (Å²) >= 11 is 0. The number of likely N-dealkylation sites (N-methyl/N-ethyl adjacent to an activating group) is 2. The molecule has 0 aliphatic carbocycles. The Morgan fingerprint density at radius 2 is 2.08 bits per heavy atom. The topological polar surface area (TPSA) is 67.3 Å². The molecule has 0 heterocycles. The van der Waals surface area contributed by atoms with Gasteiger partial charge in [-0.1, -0.05) is 0 Å². The van der Waals surface area contributed by atoms with E-state index in [0.717, 1.165) is 13.0 Å². The van der Waals surface area contributed by atoms with E-state index in [1.165, 1.54) is 0 Å². The van der Waals surface area contributed by atoms with E-state index in [1.54, 1.807) is 0 Å². The molecule has 0 spiro atoms. The van der Waals surface area contributed by atoms with Gasteiger partial charge in [0.05, 0.1) is 6.17 Å². The Morgan fingerprint density at radius 1 is 1.50 bits per heavy atom. The zero-order chi connectivity index (χ0) is 9.56. The smallest absolute Gasteiger partial charge is 0.0581 e. The summed E-state index contributed by atoms with van der Waals surface area (Å²) in [6, 6.07) is 0.471. The molecule has 2 unspecified atom stereocenters. The van der Waals surface area contributed by atoms with Crippen LogP contribution in [-0.4, -0.2) is 44.3 Å². The summed E-state index contributed by atoms with van der Waals surface area (Å²) in [5, 5.41) is 3.16. The fourth-order valence-corrected chi connectivity index (χ4v) is 1.05. The van der Waals surface area contributed by atoms with Gasteiger partial charge in [0.2, 0.25) is 0 Å². The van der Waals surface area contributed by atoms with Gasteiger partial charge < -0.3 is 16.8 Å². The molecule has 0 saturated carbocycles. The highest BCUT2D eigenvalue weighted by Crippen LogP contribution is 1.95. The summed E-state index contributed by atoms with van der Waals surface area (Å²) in [5.41, 5.74) is 11.3. The molecule has 0 aliphatic heterocycles. The van der Waals surface area contributed by atoms with E-state index in [4.69, 9.17) is 11.5 Å². The summed E-state index contributed by atoms with van der Waals surface area (Å²) in [7, 11) is 3.97. The highest BCUT2D eigenvalue weighted by Gasteiger charge is 2.10. The van der Waals surface area contributed by atoms with Crippen LogP contribution >= 0.6 is 0 Å². The molecule has 0 aromatic rings. The van der Waals surface area contributed by atoms with E-state index in [0.29, 0.717) is 12.6 Å². The average Bonchev–Trinajstić information content (AvgIpc) is 2.04. The summed E-state index contributed by atoms with van der Waals surface area (Å²) in [4.78, 5) is 2.12. The van der Waals surface area contributed by atoms with Crippen molar-refractivity contribution in [2.24, 2.45) is 11.5 Å². The Kier molecular flexibility index (Phi) is 6.28. The van der Waals surface area contributed by atoms with Crippen LogP contribution in [0, 0.1) is 0 Å². The largest absolute Gasteiger partial charge is 0.330 e. The maximum Gasteiger partial charge on any atom is 0.0581 e. The van der Waals surface area contributed by atoms with E-state index in [9.17, 15) is 0 Å². The molecule has 0 fully saturated rings. The highest BCUT2D eigenvalue weighted by molar-refractivity contribution is 4.67. The zero-order valence-corrected chi connectivity index (χ0v) is 8.38. The first-order valence-electron chi connectivity index (χ1n) is 4.45. The van der Waals surface area contributed by atoms with Crippen LogP contribution in [0.1, 0.15) is 13.3 Å². The van der Waals surface area contributed by atoms with Crippen molar-refractivity contribution in [2.75, 3.05) is 27.2 Å². The number of nitrogens with one attached hydrogen (secondary N) is 1. The molecule has 2 atom stereocenters. The summed E-state index contributed by atoms with van der Waals surface area (Å²) < 4.78 is 0. The molecule has 0 aromatic heterocycles. The molecule has 4 heteroatoms. The van der Waals surface area contributed by atoms with Crippen LogP contribution < -0.4 is 16.8 Å². The molecular weight excluding hydrogens is 152 g/mol. The fraction of sp³-hybridized carbons (Fsp3) is 1.00. The lowest BCUT2D eigenvalue weighted by Gasteiger charge is -2.26. The monoisotopic (exact) mass is 174 g/mol. The van der Waals surface area contributed by atoms with Crippen molar-refractivity contribution in [3.63, 3.8) is 0 Å². The number of nitrogens with two attached hydrogens (primary N) is 2. The summed E-state index contributed by atoms with van der Waals surface area (Å²) in [5.74, 6) is 0. The lowest BCUT2D eigenvalue weighted by atomic mass is 10.2. The van der Waals surface area contributed by atoms with Gasteiger partial charge >= 0.3 is 0 Å². The first-order valence-corrected chi connectivity index (χ1v) is 4.45. The lowest BCUT2D eigenvalue weighted by Crippen LogP contribution is -2.46. The molecule has 0 aromatic carbocycles. The van der Waals surface area contributed by atoms with Gasteiger partial charge in [-0.25, -0.2) is 0 Å². The van der Waals surface area contributed by atoms with Gasteiger partial charge in [0.15, 0.2) is 0 Å². The van der Waals surface area contributed by atoms with Gasteiger partial charge in [-0.3, -0.25) is 4.90 Å². The second-order valence-corrected chi connectivity index (χ2v) is 3.27. The Balaban J connectivity index is 3.62. The van der Waals surface area contributed by atoms with Crippen molar-refractivity contribution in [3.8, 4) is 0 Å². The first kappa shape index (κ1) is 11.8. The molecular formula is C8H22N4. The molecule has 12 heavy (non-hydrogen) atoms. The van der Waals surface area contributed by atoms with Crippen molar-refractivity contribution in [3.05, 3.63) is 0 Å². The first-order chi connectivity index (χ1) is 5.61. The van der Waals surface area contributed by atoms with Crippen LogP contribution in [0.2, 0.25) is 0 Å². The molecule has 0 radical (unpaired) electrons. The lowest BCUT2D eigenvalue weighted by molar-refractivity contribution is 0.219. The maximum atomic E-state index is 5.85. The maximum absolute atomic E-state index is 5.85. The number of rotatable bonds is 6. The van der Waals surface area contributed by atoms with Crippen molar-refractivity contribution >= 4 is 0 Å². The van der Waals surface area contributed by atoms with E-state index in [2.05, 4.69) is 17.1 Å². The molecule has 0 saturated heterocycles. The van der Waals surface area contributed by atoms with E-state index in [1.807, 2.05) is 14.1 Å². The van der Waals surface area contributed by atoms with Gasteiger partial charge in [-0.15, -0.1) is 0 Å². The third-order valence-electron chi connectivity index (χ3n) is 2.08. The summed E-state index contributed by atoms with van der Waals surface area (Å²) in [6.45, 7) is 3.74. The van der Waals surface area contributed by atoms with Gasteiger partial charge in [-0.05, 0) is 34.0 Å². The molecule has 74 valence electrons. The number of hydrogen-bond donors (Lipinski definition) is 3. The zero-order valence-electron chi connectivity index (χ0n) is 8.38. The van der Waals surface area contributed by atoms with E-state index < -0.39 is 0 Å². The van der Waals surface area contributed by atoms with Crippen LogP contribution in [0.3, 0.4) is 0 Å². The van der Waals surface area contributed by atoms with Crippen molar-refractivity contribution in [2.45, 2.75) is 25.6 Å². The molecule has 4 nitrogen and oxygen atoms in total. The van der Waals surface area contributed by atoms with Crippen molar-refractivity contribution in [1.82, 2.24) is 10.2 Å². The Labute approximate surface area is 75.3 Å². The minimum Gasteiger partial charge on any atom is -0.330 e. The van der Waals surface area contributed by atoms with Crippen LogP contribution in [0.5, 0.6) is 0 Å². The van der Waals surface area contributed by atoms with Crippen molar-refractivity contribution < 1.29 is 0 Å². The molecule has 0 amide bonds. The number of nitrogens with zero attached hydrogens (tertiary/aromatic N) is 1. The van der Waals surface area contributed by atoms with Crippen LogP contribution in [0.25, 0.3) is 0 Å². The molecule has 0 bridgehead atoms. The Morgan fingerprint density at radius 3 is 2.50 bits per heavy atom. The van der Waals surface area contributed by atoms with Gasteiger partial charge in [0, 0.05) is 12.6 Å². The minimum absolute atomic E-state index is 0.0887. The quantitative estimate of drug-likeness (QED) is 0.459. The molecule has 5 N–H and O–H groups in total. The van der Waals surface area contributed by atoms with Gasteiger partial charge in [0.25, 0.3) is 0 Å². The van der Waals surface area contributed by atoms with Gasteiger partial charge in [-0.2, -0.15) is 0 Å². The predicted octanol–water partition coefficient (Wildman–Crippen LogP) is -0.840. The third kappa shape index (κ3) is 4.66. The highest BCUT2D eigenvalue weighted by atomic mass is 15.2. The normalized spacial score (nSPS) is 16.5. The fourth-order valence-electron chi connectivity index (χ4n) is 1.05. The average molecular weight is 174 g/mol. The van der Waals surface area contributed by atoms with E-state index >= 15 is 0 Å². The van der Waals surface area contributed by atoms with Crippen LogP contribution in [0.15, 0.2) is 0 Å². The summed E-state index contributed by atoms with van der Waals surface area (Å²) in [6.07, 6.45) is 0.943. The Bertz CT molecular complexity index is 107. The second-order valence-electron chi connectivity index (χ2n) is 3.27. The minimum atomic E-state index is 0.0887. The predicted molar refractivity (Wildman–Crippen MR) is 52.8 cm³/mol. The van der Waals surface area contributed by atoms with Gasteiger partial charge in [0.1, 0.15) is 0 Å². The van der Waals surface area contributed by atoms with E-state index in [-0.39, 0.29) is 6.17 Å². The van der Waals surface area contributed by atoms with Crippen LogP contribution in [-0.2, 0) is 0 Å². The van der Waals surface area contributed by atoms with Crippen LogP contribution in [0.4, 0.5) is 0 Å². The molecule has 0 rings (SSSR count). The Hall–Kier alpha value is -0.160. The third-order valence-corrected chi connectivity index (χ3v) is 2.08. The number of hydrogen-bond acceptors (Lipinski definition) is 4. The standard InChI is InChI=1S/C8H22N4/c1-7(11-2)6-12(3)8(10)4-5-9/h7-8,11H,4-6,9-10H2,1-3H3. The molecule has 0 aliphatic rings. The SMILES string of the molecule is CNC(C)CN(C)C(N)CCN.